The lowest BCUT2D eigenvalue weighted by atomic mass is 10.0. The van der Waals surface area contributed by atoms with Crippen LogP contribution in [0.15, 0.2) is 54.7 Å². The van der Waals surface area contributed by atoms with Crippen LogP contribution in [-0.4, -0.2) is 20.4 Å². The molecule has 0 aliphatic heterocycles. The molecule has 2 aromatic carbocycles. The van der Waals surface area contributed by atoms with Crippen molar-refractivity contribution in [1.82, 2.24) is 14.5 Å². The smallest absolute Gasteiger partial charge is 0.267 e. The van der Waals surface area contributed by atoms with Crippen LogP contribution in [0, 0.1) is 5.82 Å². The van der Waals surface area contributed by atoms with Crippen molar-refractivity contribution >= 4 is 28.6 Å². The van der Waals surface area contributed by atoms with Crippen molar-refractivity contribution in [2.24, 2.45) is 12.8 Å². The molecule has 0 unspecified atom stereocenters. The van der Waals surface area contributed by atoms with Crippen LogP contribution < -0.4 is 15.8 Å². The lowest BCUT2D eigenvalue weighted by Crippen LogP contribution is -2.12. The minimum atomic E-state index is -0.622. The number of anilines is 2. The van der Waals surface area contributed by atoms with E-state index in [2.05, 4.69) is 15.3 Å². The average molecular weight is 419 g/mol. The van der Waals surface area contributed by atoms with E-state index in [1.807, 2.05) is 37.6 Å². The van der Waals surface area contributed by atoms with E-state index in [-0.39, 0.29) is 17.4 Å². The summed E-state index contributed by atoms with van der Waals surface area (Å²) < 4.78 is 21.8. The largest absolute Gasteiger partial charge is 0.457 e. The van der Waals surface area contributed by atoms with Gasteiger partial charge in [-0.1, -0.05) is 13.8 Å². The van der Waals surface area contributed by atoms with Crippen molar-refractivity contribution < 1.29 is 13.9 Å². The van der Waals surface area contributed by atoms with Crippen molar-refractivity contribution in [3.63, 3.8) is 0 Å². The van der Waals surface area contributed by atoms with E-state index in [0.29, 0.717) is 23.0 Å². The number of ether oxygens (including phenoxy) is 1. The van der Waals surface area contributed by atoms with Gasteiger partial charge in [-0.25, -0.2) is 9.37 Å². The lowest BCUT2D eigenvalue weighted by molar-refractivity contribution is 0.0995. The number of carbonyl (C=O) groups is 1. The Morgan fingerprint density at radius 3 is 2.65 bits per heavy atom. The zero-order valence-electron chi connectivity index (χ0n) is 17.4. The molecule has 0 atom stereocenters. The Morgan fingerprint density at radius 1 is 1.13 bits per heavy atom. The summed E-state index contributed by atoms with van der Waals surface area (Å²) in [7, 11) is 1.90. The van der Waals surface area contributed by atoms with Crippen molar-refractivity contribution in [2.45, 2.75) is 19.8 Å². The monoisotopic (exact) mass is 419 g/mol. The maximum absolute atomic E-state index is 14.0. The van der Waals surface area contributed by atoms with Gasteiger partial charge in [0, 0.05) is 31.1 Å². The molecule has 0 bridgehead atoms. The van der Waals surface area contributed by atoms with Crippen LogP contribution >= 0.6 is 0 Å². The third-order valence-corrected chi connectivity index (χ3v) is 4.95. The van der Waals surface area contributed by atoms with Crippen LogP contribution in [0.4, 0.5) is 16.0 Å². The third-order valence-electron chi connectivity index (χ3n) is 4.95. The minimum absolute atomic E-state index is 0.0742. The fourth-order valence-electron chi connectivity index (χ4n) is 3.29. The summed E-state index contributed by atoms with van der Waals surface area (Å²) in [5.74, 6) is 0.858. The van der Waals surface area contributed by atoms with Crippen molar-refractivity contribution in [1.29, 1.82) is 0 Å². The van der Waals surface area contributed by atoms with E-state index in [4.69, 9.17) is 10.5 Å². The number of nitrogens with zero attached hydrogens (tertiary/aromatic N) is 3. The maximum Gasteiger partial charge on any atom is 0.267 e. The normalized spacial score (nSPS) is 11.1. The quantitative estimate of drug-likeness (QED) is 0.465. The Balaban J connectivity index is 1.61. The van der Waals surface area contributed by atoms with Crippen molar-refractivity contribution in [3.05, 3.63) is 71.8 Å². The van der Waals surface area contributed by atoms with Gasteiger partial charge in [0.15, 0.2) is 0 Å². The molecule has 31 heavy (non-hydrogen) atoms. The Labute approximate surface area is 178 Å². The van der Waals surface area contributed by atoms with Gasteiger partial charge < -0.3 is 20.4 Å². The second-order valence-electron chi connectivity index (χ2n) is 7.50. The fraction of sp³-hybridized carbons (Fsp3) is 0.174. The van der Waals surface area contributed by atoms with Crippen LogP contribution in [0.2, 0.25) is 0 Å². The number of hydrogen-bond acceptors (Lipinski definition) is 5. The Bertz CT molecular complexity index is 1280. The zero-order valence-corrected chi connectivity index (χ0v) is 17.4. The fourth-order valence-corrected chi connectivity index (χ4v) is 3.29. The molecule has 2 heterocycles. The molecule has 0 saturated heterocycles. The Kier molecular flexibility index (Phi) is 5.29. The van der Waals surface area contributed by atoms with E-state index in [9.17, 15) is 9.18 Å². The predicted molar refractivity (Wildman–Crippen MR) is 117 cm³/mol. The topological polar surface area (TPSA) is 95.1 Å². The molecule has 158 valence electrons. The van der Waals surface area contributed by atoms with Crippen molar-refractivity contribution in [3.8, 4) is 11.5 Å². The van der Waals surface area contributed by atoms with Crippen LogP contribution in [0.3, 0.4) is 0 Å². The molecule has 0 radical (unpaired) electrons. The first-order valence-electron chi connectivity index (χ1n) is 9.78. The first-order valence-corrected chi connectivity index (χ1v) is 9.78. The van der Waals surface area contributed by atoms with E-state index >= 15 is 0 Å². The number of aromatic nitrogens is 3. The number of aryl methyl sites for hydroxylation is 1. The summed E-state index contributed by atoms with van der Waals surface area (Å²) in [6.07, 6.45) is 1.46. The number of amides is 1. The number of primary amides is 1. The molecule has 2 aromatic heterocycles. The summed E-state index contributed by atoms with van der Waals surface area (Å²) in [4.78, 5) is 19.9. The number of rotatable bonds is 6. The number of nitrogens with one attached hydrogen (secondary N) is 1. The second kappa shape index (κ2) is 8.06. The first kappa shape index (κ1) is 20.3. The van der Waals surface area contributed by atoms with Gasteiger partial charge >= 0.3 is 0 Å². The molecule has 0 aliphatic rings. The number of carbonyl (C=O) groups excluding carboxylic acids is 1. The summed E-state index contributed by atoms with van der Waals surface area (Å²) in [5, 5.41) is 3.26. The van der Waals surface area contributed by atoms with E-state index in [1.54, 1.807) is 24.3 Å². The van der Waals surface area contributed by atoms with Crippen LogP contribution in [0.25, 0.3) is 11.0 Å². The number of imidazole rings is 1. The second-order valence-corrected chi connectivity index (χ2v) is 7.50. The Morgan fingerprint density at radius 2 is 1.90 bits per heavy atom. The highest BCUT2D eigenvalue weighted by molar-refractivity contribution is 5.91. The molecule has 4 aromatic rings. The number of halogens is 1. The first-order chi connectivity index (χ1) is 14.8. The molecule has 3 N–H and O–H groups in total. The molecule has 0 aliphatic carbocycles. The van der Waals surface area contributed by atoms with Gasteiger partial charge in [-0.2, -0.15) is 0 Å². The van der Waals surface area contributed by atoms with Crippen LogP contribution in [0.5, 0.6) is 11.5 Å². The number of pyridine rings is 1. The van der Waals surface area contributed by atoms with E-state index < -0.39 is 5.91 Å². The van der Waals surface area contributed by atoms with Gasteiger partial charge in [-0.3, -0.25) is 9.78 Å². The molecular formula is C23H22FN5O2. The SMILES string of the molecule is CC(C)c1cc(Nc2nc3cc(Oc4ccnc(C(N)=O)c4)ccc3n2C)ccc1F. The maximum atomic E-state index is 14.0. The average Bonchev–Trinajstić information content (AvgIpc) is 3.04. The van der Waals surface area contributed by atoms with Crippen LogP contribution in [0.1, 0.15) is 35.8 Å². The lowest BCUT2D eigenvalue weighted by Gasteiger charge is -2.11. The summed E-state index contributed by atoms with van der Waals surface area (Å²) in [6, 6.07) is 13.6. The van der Waals surface area contributed by atoms with E-state index in [1.165, 1.54) is 18.3 Å². The van der Waals surface area contributed by atoms with Gasteiger partial charge in [0.05, 0.1) is 11.0 Å². The van der Waals surface area contributed by atoms with Gasteiger partial charge in [0.1, 0.15) is 23.0 Å². The number of benzene rings is 2. The molecule has 8 heteroatoms. The number of hydrogen-bond donors (Lipinski definition) is 2. The van der Waals surface area contributed by atoms with Gasteiger partial charge in [0.2, 0.25) is 5.95 Å². The standard InChI is InChI=1S/C23H22FN5O2/c1-13(2)17-10-14(4-6-18(17)24)27-23-28-19-11-15(5-7-21(19)29(23)3)31-16-8-9-26-20(12-16)22(25)30/h4-13H,1-3H3,(H2,25,30)(H,27,28). The number of nitrogens with two attached hydrogens (primary N) is 1. The highest BCUT2D eigenvalue weighted by Crippen LogP contribution is 2.29. The molecule has 1 amide bonds. The molecule has 0 saturated carbocycles. The van der Waals surface area contributed by atoms with Gasteiger partial charge in [0.25, 0.3) is 5.91 Å². The third kappa shape index (κ3) is 4.18. The summed E-state index contributed by atoms with van der Waals surface area (Å²) >= 11 is 0. The predicted octanol–water partition coefficient (Wildman–Crippen LogP) is 4.87. The minimum Gasteiger partial charge on any atom is -0.457 e. The van der Waals surface area contributed by atoms with Crippen LogP contribution in [-0.2, 0) is 7.05 Å². The molecule has 0 spiro atoms. The highest BCUT2D eigenvalue weighted by Gasteiger charge is 2.12. The summed E-state index contributed by atoms with van der Waals surface area (Å²) in [6.45, 7) is 3.90. The molecular weight excluding hydrogens is 397 g/mol. The van der Waals surface area contributed by atoms with Crippen molar-refractivity contribution in [2.75, 3.05) is 5.32 Å². The molecule has 7 nitrogen and oxygen atoms in total. The highest BCUT2D eigenvalue weighted by atomic mass is 19.1. The number of fused-ring (bicyclic) bond motifs is 1. The van der Waals surface area contributed by atoms with Gasteiger partial charge in [-0.05, 0) is 47.9 Å². The van der Waals surface area contributed by atoms with E-state index in [0.717, 1.165) is 16.7 Å². The Hall–Kier alpha value is -3.94. The zero-order chi connectivity index (χ0) is 22.1. The summed E-state index contributed by atoms with van der Waals surface area (Å²) in [5.41, 5.74) is 8.42. The molecule has 4 rings (SSSR count). The molecule has 0 fully saturated rings. The van der Waals surface area contributed by atoms with Gasteiger partial charge in [-0.15, -0.1) is 0 Å².